The summed E-state index contributed by atoms with van der Waals surface area (Å²) in [5.74, 6) is 1.14. The normalized spacial score (nSPS) is 11.1. The van der Waals surface area contributed by atoms with Crippen molar-refractivity contribution in [2.45, 2.75) is 31.7 Å². The molecular formula is C24H26N4O2S2. The molecule has 32 heavy (non-hydrogen) atoms. The van der Waals surface area contributed by atoms with Crippen LogP contribution >= 0.6 is 23.1 Å². The Bertz CT molecular complexity index is 1190. The van der Waals surface area contributed by atoms with Gasteiger partial charge in [0, 0.05) is 30.4 Å². The average Bonchev–Trinajstić information content (AvgIpc) is 3.47. The van der Waals surface area contributed by atoms with E-state index in [0.717, 1.165) is 39.4 Å². The van der Waals surface area contributed by atoms with E-state index in [-0.39, 0.29) is 5.91 Å². The van der Waals surface area contributed by atoms with E-state index in [1.807, 2.05) is 27.8 Å². The molecule has 0 spiro atoms. The lowest BCUT2D eigenvalue weighted by Crippen LogP contribution is -2.33. The topological polar surface area (TPSA) is 60.2 Å². The highest BCUT2D eigenvalue weighted by atomic mass is 32.2. The molecule has 4 rings (SSSR count). The van der Waals surface area contributed by atoms with Crippen LogP contribution < -0.4 is 9.64 Å². The highest BCUT2D eigenvalue weighted by Crippen LogP contribution is 2.36. The van der Waals surface area contributed by atoms with Gasteiger partial charge in [-0.05, 0) is 44.0 Å². The highest BCUT2D eigenvalue weighted by molar-refractivity contribution is 8.00. The third-order valence-electron chi connectivity index (χ3n) is 5.18. The number of anilines is 1. The number of hydrogen-bond donors (Lipinski definition) is 0. The van der Waals surface area contributed by atoms with Crippen LogP contribution in [0.3, 0.4) is 0 Å². The zero-order valence-corrected chi connectivity index (χ0v) is 20.1. The number of thiazole rings is 1. The number of aromatic nitrogens is 3. The van der Waals surface area contributed by atoms with Gasteiger partial charge in [0.05, 0.1) is 23.9 Å². The minimum atomic E-state index is 0.0527. The first-order chi connectivity index (χ1) is 15.5. The van der Waals surface area contributed by atoms with Gasteiger partial charge in [-0.1, -0.05) is 35.1 Å². The van der Waals surface area contributed by atoms with Crippen molar-refractivity contribution in [3.05, 3.63) is 66.2 Å². The number of hydrogen-bond acceptors (Lipinski definition) is 6. The number of thioether (sulfide) groups is 1. The van der Waals surface area contributed by atoms with Crippen LogP contribution in [0.4, 0.5) is 5.13 Å². The highest BCUT2D eigenvalue weighted by Gasteiger charge is 2.21. The van der Waals surface area contributed by atoms with Crippen LogP contribution in [-0.4, -0.2) is 39.8 Å². The Morgan fingerprint density at radius 3 is 2.72 bits per heavy atom. The van der Waals surface area contributed by atoms with Gasteiger partial charge in [0.2, 0.25) is 5.91 Å². The molecule has 0 unspecified atom stereocenters. The summed E-state index contributed by atoms with van der Waals surface area (Å²) in [7, 11) is 1.65. The van der Waals surface area contributed by atoms with Crippen molar-refractivity contribution in [2.24, 2.45) is 0 Å². The zero-order valence-electron chi connectivity index (χ0n) is 18.4. The second kappa shape index (κ2) is 10.2. The van der Waals surface area contributed by atoms with E-state index >= 15 is 0 Å². The van der Waals surface area contributed by atoms with Gasteiger partial charge < -0.3 is 9.30 Å². The molecule has 0 aliphatic carbocycles. The molecule has 2 aromatic carbocycles. The van der Waals surface area contributed by atoms with Gasteiger partial charge in [-0.2, -0.15) is 0 Å². The fraction of sp³-hybridized carbons (Fsp3) is 0.292. The summed E-state index contributed by atoms with van der Waals surface area (Å²) in [5.41, 5.74) is 3.15. The molecule has 4 aromatic rings. The van der Waals surface area contributed by atoms with Gasteiger partial charge in [-0.15, -0.1) is 11.8 Å². The molecule has 1 amide bonds. The monoisotopic (exact) mass is 466 g/mol. The first-order valence-electron chi connectivity index (χ1n) is 10.4. The van der Waals surface area contributed by atoms with Crippen molar-refractivity contribution in [3.8, 4) is 5.75 Å². The maximum atomic E-state index is 13.3. The predicted molar refractivity (Wildman–Crippen MR) is 132 cm³/mol. The number of methoxy groups -OCH3 is 1. The lowest BCUT2D eigenvalue weighted by atomic mass is 10.2. The van der Waals surface area contributed by atoms with Crippen molar-refractivity contribution in [2.75, 3.05) is 24.3 Å². The van der Waals surface area contributed by atoms with Crippen LogP contribution in [0, 0.1) is 13.8 Å². The van der Waals surface area contributed by atoms with Gasteiger partial charge in [0.1, 0.15) is 11.3 Å². The molecule has 0 fully saturated rings. The Kier molecular flexibility index (Phi) is 7.12. The number of nitrogens with zero attached hydrogens (tertiary/aromatic N) is 4. The van der Waals surface area contributed by atoms with Gasteiger partial charge in [-0.3, -0.25) is 9.69 Å². The SMILES string of the molecule is COc1ccc(C)c2sc(N(CCCn3ccnc3)C(=O)CSc3ccc(C)cc3)nc12. The molecule has 0 aliphatic rings. The summed E-state index contributed by atoms with van der Waals surface area (Å²) < 4.78 is 8.58. The summed E-state index contributed by atoms with van der Waals surface area (Å²) in [6.07, 6.45) is 6.31. The van der Waals surface area contributed by atoms with Crippen LogP contribution in [0.15, 0.2) is 60.0 Å². The molecule has 0 aliphatic heterocycles. The molecule has 0 N–H and O–H groups in total. The van der Waals surface area contributed by atoms with E-state index in [2.05, 4.69) is 43.1 Å². The molecule has 6 nitrogen and oxygen atoms in total. The Balaban J connectivity index is 1.56. The number of imidazole rings is 1. The van der Waals surface area contributed by atoms with Gasteiger partial charge in [0.15, 0.2) is 5.13 Å². The van der Waals surface area contributed by atoms with Gasteiger partial charge in [0.25, 0.3) is 0 Å². The Morgan fingerprint density at radius 1 is 1.19 bits per heavy atom. The van der Waals surface area contributed by atoms with Crippen LogP contribution in [0.5, 0.6) is 5.75 Å². The summed E-state index contributed by atoms with van der Waals surface area (Å²) in [6, 6.07) is 12.2. The number of rotatable bonds is 9. The van der Waals surface area contributed by atoms with E-state index in [1.165, 1.54) is 5.56 Å². The Morgan fingerprint density at radius 2 is 2.00 bits per heavy atom. The van der Waals surface area contributed by atoms with Gasteiger partial charge in [-0.25, -0.2) is 9.97 Å². The Hall–Kier alpha value is -2.84. The fourth-order valence-corrected chi connectivity index (χ4v) is 5.26. The Labute approximate surface area is 196 Å². The van der Waals surface area contributed by atoms with Crippen LogP contribution in [-0.2, 0) is 11.3 Å². The number of fused-ring (bicyclic) bond motifs is 1. The van der Waals surface area contributed by atoms with Crippen LogP contribution in [0.2, 0.25) is 0 Å². The number of ether oxygens (including phenoxy) is 1. The number of benzene rings is 2. The van der Waals surface area contributed by atoms with E-state index in [1.54, 1.807) is 42.7 Å². The molecule has 0 saturated carbocycles. The number of carbonyl (C=O) groups excluding carboxylic acids is 1. The van der Waals surface area contributed by atoms with E-state index in [4.69, 9.17) is 9.72 Å². The van der Waals surface area contributed by atoms with E-state index in [9.17, 15) is 4.79 Å². The predicted octanol–water partition coefficient (Wildman–Crippen LogP) is 5.33. The standard InChI is InChI=1S/C24H26N4O2S2/c1-17-5-8-19(9-6-17)31-15-21(29)28(13-4-12-27-14-11-25-16-27)24-26-22-20(30-3)10-7-18(2)23(22)32-24/h5-11,14,16H,4,12-13,15H2,1-3H3. The number of carbonyl (C=O) groups is 1. The quantitative estimate of drug-likeness (QED) is 0.312. The second-order valence-electron chi connectivity index (χ2n) is 7.56. The number of aryl methyl sites for hydroxylation is 3. The first kappa shape index (κ1) is 22.4. The first-order valence-corrected chi connectivity index (χ1v) is 12.2. The largest absolute Gasteiger partial charge is 0.494 e. The van der Waals surface area contributed by atoms with Crippen LogP contribution in [0.25, 0.3) is 10.2 Å². The summed E-state index contributed by atoms with van der Waals surface area (Å²) in [6.45, 7) is 5.50. The summed E-state index contributed by atoms with van der Waals surface area (Å²) in [5, 5.41) is 0.715. The van der Waals surface area contributed by atoms with E-state index < -0.39 is 0 Å². The van der Waals surface area contributed by atoms with Crippen molar-refractivity contribution in [1.29, 1.82) is 0 Å². The summed E-state index contributed by atoms with van der Waals surface area (Å²) in [4.78, 5) is 25.1. The molecule has 0 atom stereocenters. The van der Waals surface area contributed by atoms with Crippen molar-refractivity contribution < 1.29 is 9.53 Å². The van der Waals surface area contributed by atoms with Gasteiger partial charge >= 0.3 is 0 Å². The van der Waals surface area contributed by atoms with E-state index in [0.29, 0.717) is 17.4 Å². The molecule has 8 heteroatoms. The summed E-state index contributed by atoms with van der Waals surface area (Å²) >= 11 is 3.10. The molecule has 0 radical (unpaired) electrons. The second-order valence-corrected chi connectivity index (χ2v) is 9.59. The third-order valence-corrected chi connectivity index (χ3v) is 7.40. The lowest BCUT2D eigenvalue weighted by molar-refractivity contribution is -0.116. The van der Waals surface area contributed by atoms with Crippen molar-refractivity contribution in [3.63, 3.8) is 0 Å². The molecule has 2 heterocycles. The molecule has 0 bridgehead atoms. The lowest BCUT2D eigenvalue weighted by Gasteiger charge is -2.20. The number of amides is 1. The molecule has 2 aromatic heterocycles. The van der Waals surface area contributed by atoms with Crippen LogP contribution in [0.1, 0.15) is 17.5 Å². The molecule has 0 saturated heterocycles. The molecule has 166 valence electrons. The minimum absolute atomic E-state index is 0.0527. The van der Waals surface area contributed by atoms with Crippen molar-refractivity contribution in [1.82, 2.24) is 14.5 Å². The molecular weight excluding hydrogens is 440 g/mol. The fourth-order valence-electron chi connectivity index (χ4n) is 3.39. The third kappa shape index (κ3) is 5.14. The maximum Gasteiger partial charge on any atom is 0.239 e. The zero-order chi connectivity index (χ0) is 22.5. The smallest absolute Gasteiger partial charge is 0.239 e. The maximum absolute atomic E-state index is 13.3. The minimum Gasteiger partial charge on any atom is -0.494 e. The average molecular weight is 467 g/mol. The van der Waals surface area contributed by atoms with Crippen molar-refractivity contribution >= 4 is 44.4 Å².